The standard InChI is InChI=1S/C15H15ClN2OS/c16-7-6-15(19,12-4-2-1-3-5-12)10-13-11-18-8-9-20-14(18)17-13/h1-5,8-9,11,19H,6-7,10H2. The predicted molar refractivity (Wildman–Crippen MR) is 82.4 cm³/mol. The van der Waals surface area contributed by atoms with Crippen molar-refractivity contribution in [3.8, 4) is 0 Å². The fraction of sp³-hybridized carbons (Fsp3) is 0.267. The minimum Gasteiger partial charge on any atom is -0.385 e. The summed E-state index contributed by atoms with van der Waals surface area (Å²) in [6.07, 6.45) is 4.91. The first kappa shape index (κ1) is 13.6. The van der Waals surface area contributed by atoms with E-state index in [2.05, 4.69) is 4.98 Å². The van der Waals surface area contributed by atoms with Gasteiger partial charge < -0.3 is 5.11 Å². The highest BCUT2D eigenvalue weighted by Crippen LogP contribution is 2.30. The molecule has 0 aliphatic heterocycles. The van der Waals surface area contributed by atoms with Crippen molar-refractivity contribution < 1.29 is 5.11 Å². The average Bonchev–Trinajstić information content (AvgIpc) is 3.01. The smallest absolute Gasteiger partial charge is 0.193 e. The van der Waals surface area contributed by atoms with Crippen LogP contribution in [0.2, 0.25) is 0 Å². The lowest BCUT2D eigenvalue weighted by Crippen LogP contribution is -2.29. The first-order valence-corrected chi connectivity index (χ1v) is 7.88. The van der Waals surface area contributed by atoms with Crippen LogP contribution in [0.3, 0.4) is 0 Å². The van der Waals surface area contributed by atoms with Crippen LogP contribution in [-0.2, 0) is 12.0 Å². The number of benzene rings is 1. The van der Waals surface area contributed by atoms with Crippen molar-refractivity contribution in [3.05, 3.63) is 59.4 Å². The second-order valence-corrected chi connectivity index (χ2v) is 6.09. The average molecular weight is 307 g/mol. The van der Waals surface area contributed by atoms with Gasteiger partial charge in [-0.1, -0.05) is 30.3 Å². The molecule has 3 rings (SSSR count). The van der Waals surface area contributed by atoms with Crippen molar-refractivity contribution in [1.29, 1.82) is 0 Å². The van der Waals surface area contributed by atoms with Crippen molar-refractivity contribution in [2.45, 2.75) is 18.4 Å². The quantitative estimate of drug-likeness (QED) is 0.733. The zero-order chi connectivity index (χ0) is 14.0. The molecule has 3 nitrogen and oxygen atoms in total. The Morgan fingerprint density at radius 2 is 2.10 bits per heavy atom. The molecule has 0 saturated heterocycles. The number of halogens is 1. The summed E-state index contributed by atoms with van der Waals surface area (Å²) >= 11 is 7.46. The molecule has 20 heavy (non-hydrogen) atoms. The van der Waals surface area contributed by atoms with Crippen molar-refractivity contribution >= 4 is 27.9 Å². The van der Waals surface area contributed by atoms with E-state index >= 15 is 0 Å². The number of aliphatic hydroxyl groups is 1. The molecule has 2 aromatic heterocycles. The van der Waals surface area contributed by atoms with Gasteiger partial charge in [0, 0.05) is 30.1 Å². The van der Waals surface area contributed by atoms with E-state index in [9.17, 15) is 5.11 Å². The Bertz CT molecular complexity index is 666. The van der Waals surface area contributed by atoms with Crippen LogP contribution in [0.15, 0.2) is 48.1 Å². The van der Waals surface area contributed by atoms with Gasteiger partial charge in [0.25, 0.3) is 0 Å². The maximum absolute atomic E-state index is 11.0. The molecule has 0 radical (unpaired) electrons. The molecule has 0 spiro atoms. The Morgan fingerprint density at radius 3 is 2.80 bits per heavy atom. The second-order valence-electron chi connectivity index (χ2n) is 4.84. The van der Waals surface area contributed by atoms with E-state index in [1.54, 1.807) is 11.3 Å². The van der Waals surface area contributed by atoms with Gasteiger partial charge in [0.15, 0.2) is 4.96 Å². The molecule has 3 aromatic rings. The minimum atomic E-state index is -0.965. The van der Waals surface area contributed by atoms with Crippen molar-refractivity contribution in [2.24, 2.45) is 0 Å². The number of nitrogens with zero attached hydrogens (tertiary/aromatic N) is 2. The highest BCUT2D eigenvalue weighted by molar-refractivity contribution is 7.15. The predicted octanol–water partition coefficient (Wildman–Crippen LogP) is 3.46. The summed E-state index contributed by atoms with van der Waals surface area (Å²) in [6.45, 7) is 0. The number of fused-ring (bicyclic) bond motifs is 1. The largest absolute Gasteiger partial charge is 0.385 e. The maximum atomic E-state index is 11.0. The molecule has 0 aliphatic carbocycles. The third-order valence-corrected chi connectivity index (χ3v) is 4.40. The van der Waals surface area contributed by atoms with Gasteiger partial charge in [0.05, 0.1) is 11.3 Å². The minimum absolute atomic E-state index is 0.410. The molecule has 0 amide bonds. The lowest BCUT2D eigenvalue weighted by Gasteiger charge is -2.27. The Labute approximate surface area is 126 Å². The Hall–Kier alpha value is -1.36. The van der Waals surface area contributed by atoms with Crippen LogP contribution in [0.1, 0.15) is 17.7 Å². The number of thiazole rings is 1. The van der Waals surface area contributed by atoms with Crippen LogP contribution >= 0.6 is 22.9 Å². The third-order valence-electron chi connectivity index (χ3n) is 3.44. The molecular formula is C15H15ClN2OS. The highest BCUT2D eigenvalue weighted by Gasteiger charge is 2.30. The van der Waals surface area contributed by atoms with E-state index in [-0.39, 0.29) is 0 Å². The number of imidazole rings is 1. The summed E-state index contributed by atoms with van der Waals surface area (Å²) in [5.41, 5.74) is 0.804. The summed E-state index contributed by atoms with van der Waals surface area (Å²) in [4.78, 5) is 5.49. The third kappa shape index (κ3) is 2.59. The Kier molecular flexibility index (Phi) is 3.78. The lowest BCUT2D eigenvalue weighted by molar-refractivity contribution is 0.0328. The van der Waals surface area contributed by atoms with Crippen LogP contribution in [0.25, 0.3) is 4.96 Å². The first-order valence-electron chi connectivity index (χ1n) is 6.46. The fourth-order valence-electron chi connectivity index (χ4n) is 2.40. The van der Waals surface area contributed by atoms with Gasteiger partial charge in [-0.2, -0.15) is 0 Å². The molecule has 2 heterocycles. The van der Waals surface area contributed by atoms with Gasteiger partial charge in [-0.25, -0.2) is 4.98 Å². The van der Waals surface area contributed by atoms with Crippen molar-refractivity contribution in [2.75, 3.05) is 5.88 Å². The van der Waals surface area contributed by atoms with E-state index < -0.39 is 5.60 Å². The van der Waals surface area contributed by atoms with Gasteiger partial charge in [0.1, 0.15) is 0 Å². The van der Waals surface area contributed by atoms with E-state index in [1.165, 1.54) is 0 Å². The molecule has 0 aliphatic rings. The molecule has 1 N–H and O–H groups in total. The maximum Gasteiger partial charge on any atom is 0.193 e. The van der Waals surface area contributed by atoms with Gasteiger partial charge in [0.2, 0.25) is 0 Å². The van der Waals surface area contributed by atoms with Crippen LogP contribution in [-0.4, -0.2) is 20.4 Å². The summed E-state index contributed by atoms with van der Waals surface area (Å²) in [5, 5.41) is 13.0. The van der Waals surface area contributed by atoms with Gasteiger partial charge in [-0.3, -0.25) is 4.40 Å². The number of rotatable bonds is 5. The van der Waals surface area contributed by atoms with E-state index in [0.29, 0.717) is 18.7 Å². The van der Waals surface area contributed by atoms with Gasteiger partial charge in [-0.15, -0.1) is 22.9 Å². The monoisotopic (exact) mass is 306 g/mol. The van der Waals surface area contributed by atoms with Crippen molar-refractivity contribution in [1.82, 2.24) is 9.38 Å². The van der Waals surface area contributed by atoms with Crippen LogP contribution < -0.4 is 0 Å². The first-order chi connectivity index (χ1) is 9.71. The lowest BCUT2D eigenvalue weighted by atomic mass is 9.87. The van der Waals surface area contributed by atoms with Gasteiger partial charge >= 0.3 is 0 Å². The molecule has 1 atom stereocenters. The number of aromatic nitrogens is 2. The number of hydrogen-bond acceptors (Lipinski definition) is 3. The zero-order valence-electron chi connectivity index (χ0n) is 10.9. The second kappa shape index (κ2) is 5.56. The molecule has 0 saturated carbocycles. The zero-order valence-corrected chi connectivity index (χ0v) is 12.4. The summed E-state index contributed by atoms with van der Waals surface area (Å²) in [6, 6.07) is 9.67. The molecule has 0 fully saturated rings. The molecule has 0 bridgehead atoms. The fourth-order valence-corrected chi connectivity index (χ4v) is 3.43. The SMILES string of the molecule is OC(CCCl)(Cc1cn2ccsc2n1)c1ccccc1. The highest BCUT2D eigenvalue weighted by atomic mass is 35.5. The molecule has 5 heteroatoms. The van der Waals surface area contributed by atoms with Gasteiger partial charge in [-0.05, 0) is 12.0 Å². The van der Waals surface area contributed by atoms with Crippen LogP contribution in [0.5, 0.6) is 0 Å². The van der Waals surface area contributed by atoms with E-state index in [0.717, 1.165) is 16.2 Å². The van der Waals surface area contributed by atoms with E-state index in [4.69, 9.17) is 11.6 Å². The number of alkyl halides is 1. The summed E-state index contributed by atoms with van der Waals surface area (Å²) < 4.78 is 1.98. The molecule has 1 aromatic carbocycles. The normalized spacial score (nSPS) is 14.5. The van der Waals surface area contributed by atoms with Crippen LogP contribution in [0.4, 0.5) is 0 Å². The Balaban J connectivity index is 1.92. The van der Waals surface area contributed by atoms with E-state index in [1.807, 2.05) is 52.5 Å². The van der Waals surface area contributed by atoms with Crippen LogP contribution in [0, 0.1) is 0 Å². The topological polar surface area (TPSA) is 37.5 Å². The molecular weight excluding hydrogens is 292 g/mol. The summed E-state index contributed by atoms with van der Waals surface area (Å²) in [5.74, 6) is 0.410. The van der Waals surface area contributed by atoms with Crippen molar-refractivity contribution in [3.63, 3.8) is 0 Å². The molecule has 1 unspecified atom stereocenters. The molecule has 104 valence electrons. The Morgan fingerprint density at radius 1 is 1.30 bits per heavy atom. The number of hydrogen-bond donors (Lipinski definition) is 1. The summed E-state index contributed by atoms with van der Waals surface area (Å²) in [7, 11) is 0.